The molecule has 0 saturated carbocycles. The molecule has 0 amide bonds. The average Bonchev–Trinajstić information content (AvgIpc) is 3.93. The highest BCUT2D eigenvalue weighted by atomic mass is 19.4. The Labute approximate surface area is 354 Å². The number of carbonyl (C=O) groups is 1. The molecule has 63 heavy (non-hydrogen) atoms. The van der Waals surface area contributed by atoms with E-state index >= 15 is 0 Å². The minimum atomic E-state index is -4.54. The Kier molecular flexibility index (Phi) is 11.6. The van der Waals surface area contributed by atoms with Crippen LogP contribution in [0.3, 0.4) is 0 Å². The van der Waals surface area contributed by atoms with Crippen LogP contribution in [-0.2, 0) is 25.2 Å². The molecule has 2 N–H and O–H groups in total. The Balaban J connectivity index is 0.000000166. The first kappa shape index (κ1) is 42.4. The quantitative estimate of drug-likeness (QED) is 0.0999. The molecule has 0 radical (unpaired) electrons. The van der Waals surface area contributed by atoms with E-state index in [-0.39, 0.29) is 17.4 Å². The fourth-order valence-corrected chi connectivity index (χ4v) is 7.53. The van der Waals surface area contributed by atoms with Gasteiger partial charge in [-0.15, -0.1) is 0 Å². The van der Waals surface area contributed by atoms with Crippen LogP contribution in [0, 0.1) is 0 Å². The lowest BCUT2D eigenvalue weighted by molar-refractivity contribution is -0.141. The van der Waals surface area contributed by atoms with Crippen molar-refractivity contribution in [2.45, 2.75) is 50.9 Å². The summed E-state index contributed by atoms with van der Waals surface area (Å²) >= 11 is 0. The maximum atomic E-state index is 13.1. The van der Waals surface area contributed by atoms with E-state index in [0.717, 1.165) is 78.0 Å². The second-order valence-corrected chi connectivity index (χ2v) is 14.5. The Morgan fingerprint density at radius 3 is 1.54 bits per heavy atom. The van der Waals surface area contributed by atoms with Crippen molar-refractivity contribution in [2.24, 2.45) is 5.16 Å². The summed E-state index contributed by atoms with van der Waals surface area (Å²) in [6.07, 6.45) is -1.32. The molecule has 10 rings (SSSR count). The molecule has 2 aliphatic carbocycles. The van der Waals surface area contributed by atoms with Crippen LogP contribution in [0.4, 0.5) is 26.3 Å². The van der Waals surface area contributed by atoms with Crippen LogP contribution in [0.25, 0.3) is 56.0 Å². The number of benzene rings is 2. The number of pyridine rings is 4. The number of ketones is 1. The third-order valence-electron chi connectivity index (χ3n) is 10.5. The van der Waals surface area contributed by atoms with Gasteiger partial charge in [0, 0.05) is 35.4 Å². The largest absolute Gasteiger partial charge is 0.433 e. The Morgan fingerprint density at radius 1 is 0.571 bits per heavy atom. The van der Waals surface area contributed by atoms with E-state index in [2.05, 4.69) is 30.3 Å². The van der Waals surface area contributed by atoms with Crippen LogP contribution in [0.5, 0.6) is 0 Å². The molecule has 0 unspecified atom stereocenters. The van der Waals surface area contributed by atoms with Crippen LogP contribution in [0.1, 0.15) is 64.4 Å². The van der Waals surface area contributed by atoms with E-state index in [4.69, 9.17) is 10.1 Å². The predicted molar refractivity (Wildman–Crippen MR) is 221 cm³/mol. The molecule has 0 saturated heterocycles. The van der Waals surface area contributed by atoms with Gasteiger partial charge >= 0.3 is 12.4 Å². The predicted octanol–water partition coefficient (Wildman–Crippen LogP) is 9.64. The SMILES string of the molecule is CO.O/N=C1\CCCc2ccc(-c3ccc4cnn(-c5cccc(C(F)(F)F)n5)c4c3)nc21.O=C1CCCc2ccc(-c3ccc4cnn(-c5cccc(C(F)(F)F)n5)c4c3)nc21. The van der Waals surface area contributed by atoms with Gasteiger partial charge in [0.25, 0.3) is 0 Å². The number of aryl methyl sites for hydroxylation is 2. The van der Waals surface area contributed by atoms with Crippen LogP contribution >= 0.6 is 0 Å². The fourth-order valence-electron chi connectivity index (χ4n) is 7.53. The normalized spacial score (nSPS) is 14.4. The first-order valence-electron chi connectivity index (χ1n) is 19.6. The number of oxime groups is 1. The van der Waals surface area contributed by atoms with Gasteiger partial charge in [0.1, 0.15) is 22.8 Å². The molecule has 12 nitrogen and oxygen atoms in total. The number of Topliss-reactive ketones (excluding diaryl/α,β-unsaturated/α-hetero) is 1. The average molecular weight is 864 g/mol. The molecule has 8 aromatic rings. The highest BCUT2D eigenvalue weighted by Gasteiger charge is 2.34. The van der Waals surface area contributed by atoms with E-state index in [1.54, 1.807) is 18.5 Å². The number of carbonyl (C=O) groups excluding carboxylic acids is 1. The van der Waals surface area contributed by atoms with Gasteiger partial charge in [-0.25, -0.2) is 29.3 Å². The van der Waals surface area contributed by atoms with Crippen molar-refractivity contribution in [3.8, 4) is 34.2 Å². The van der Waals surface area contributed by atoms with E-state index in [1.165, 1.54) is 33.6 Å². The van der Waals surface area contributed by atoms with E-state index < -0.39 is 23.7 Å². The minimum absolute atomic E-state index is 0.0392. The van der Waals surface area contributed by atoms with E-state index in [0.29, 0.717) is 52.4 Å². The summed E-state index contributed by atoms with van der Waals surface area (Å²) in [5.74, 6) is 0.193. The number of rotatable bonds is 4. The standard InChI is InChI=1S/C22H16F3N5O.C22H15F3N4O.CH4O/c23-22(24,25)19-5-2-6-20(28-19)30-18-11-14(7-8-15(18)12-26-30)16-10-9-13-3-1-4-17(29-31)21(13)27-16;23-22(24,25)19-5-2-6-20(28-19)29-17-11-14(7-8-15(17)12-26-29)16-10-9-13-3-1-4-18(30)21(13)27-16;1-2/h2,5-12,31H,1,3-4H2;2,5-12H,1,3-4H2;2H,1H3/b29-17+;;. The number of aliphatic hydroxyl groups is 1. The number of aromatic nitrogens is 8. The molecule has 0 aliphatic heterocycles. The third-order valence-corrected chi connectivity index (χ3v) is 10.5. The molecule has 2 aromatic carbocycles. The summed E-state index contributed by atoms with van der Waals surface area (Å²) in [5.41, 5.74) is 5.81. The van der Waals surface area contributed by atoms with Gasteiger partial charge in [0.2, 0.25) is 0 Å². The Morgan fingerprint density at radius 2 is 1.05 bits per heavy atom. The van der Waals surface area contributed by atoms with Gasteiger partial charge in [-0.3, -0.25) is 4.79 Å². The maximum absolute atomic E-state index is 13.1. The zero-order valence-corrected chi connectivity index (χ0v) is 33.2. The number of hydrogen-bond acceptors (Lipinski definition) is 10. The zero-order chi connectivity index (χ0) is 44.5. The lowest BCUT2D eigenvalue weighted by Crippen LogP contribution is -2.14. The minimum Gasteiger partial charge on any atom is -0.411 e. The molecule has 320 valence electrons. The van der Waals surface area contributed by atoms with Crippen molar-refractivity contribution in [2.75, 3.05) is 7.11 Å². The second-order valence-electron chi connectivity index (χ2n) is 14.5. The van der Waals surface area contributed by atoms with E-state index in [9.17, 15) is 36.3 Å². The monoisotopic (exact) mass is 863 g/mol. The molecular formula is C45H35F6N9O3. The van der Waals surface area contributed by atoms with Crippen molar-refractivity contribution in [1.29, 1.82) is 0 Å². The first-order chi connectivity index (χ1) is 30.3. The summed E-state index contributed by atoms with van der Waals surface area (Å²) in [6, 6.07) is 26.1. The lowest BCUT2D eigenvalue weighted by Gasteiger charge is -2.16. The van der Waals surface area contributed by atoms with Crippen LogP contribution < -0.4 is 0 Å². The third kappa shape index (κ3) is 8.61. The summed E-state index contributed by atoms with van der Waals surface area (Å²) in [5, 5.41) is 29.7. The van der Waals surface area contributed by atoms with Crippen molar-refractivity contribution >= 4 is 33.3 Å². The highest BCUT2D eigenvalue weighted by Crippen LogP contribution is 2.33. The van der Waals surface area contributed by atoms with E-state index in [1.807, 2.05) is 54.6 Å². The summed E-state index contributed by atoms with van der Waals surface area (Å²) in [7, 11) is 1.00. The summed E-state index contributed by atoms with van der Waals surface area (Å²) in [6.45, 7) is 0. The number of aliphatic hydroxyl groups excluding tert-OH is 1. The number of hydrogen-bond donors (Lipinski definition) is 2. The molecule has 6 aromatic heterocycles. The maximum Gasteiger partial charge on any atom is 0.433 e. The molecule has 6 heterocycles. The Hall–Kier alpha value is -7.34. The van der Waals surface area contributed by atoms with Gasteiger partial charge in [-0.1, -0.05) is 53.7 Å². The van der Waals surface area contributed by atoms with Gasteiger partial charge in [-0.05, 0) is 91.8 Å². The fraction of sp³-hybridized carbons (Fsp3) is 0.200. The van der Waals surface area contributed by atoms with Crippen molar-refractivity contribution < 1.29 is 41.5 Å². The smallest absolute Gasteiger partial charge is 0.411 e. The van der Waals surface area contributed by atoms with Gasteiger partial charge in [-0.2, -0.15) is 36.5 Å². The van der Waals surface area contributed by atoms with Crippen molar-refractivity contribution in [3.05, 3.63) is 143 Å². The zero-order valence-electron chi connectivity index (χ0n) is 33.2. The molecule has 0 atom stereocenters. The van der Waals surface area contributed by atoms with Crippen molar-refractivity contribution in [1.82, 2.24) is 39.5 Å². The molecule has 2 aliphatic rings. The molecule has 18 heteroatoms. The molecular weight excluding hydrogens is 829 g/mol. The number of alkyl halides is 6. The lowest BCUT2D eigenvalue weighted by atomic mass is 9.93. The second kappa shape index (κ2) is 17.2. The molecule has 0 bridgehead atoms. The summed E-state index contributed by atoms with van der Waals surface area (Å²) in [4.78, 5) is 28.9. The number of nitrogens with zero attached hydrogens (tertiary/aromatic N) is 9. The van der Waals surface area contributed by atoms with Crippen LogP contribution in [-0.4, -0.2) is 68.4 Å². The van der Waals surface area contributed by atoms with Gasteiger partial charge in [0.15, 0.2) is 17.4 Å². The topological polar surface area (TPSA) is 157 Å². The molecule has 0 fully saturated rings. The van der Waals surface area contributed by atoms with Crippen LogP contribution in [0.2, 0.25) is 0 Å². The summed E-state index contributed by atoms with van der Waals surface area (Å²) < 4.78 is 81.1. The Bertz CT molecular complexity index is 3030. The number of fused-ring (bicyclic) bond motifs is 4. The van der Waals surface area contributed by atoms with Gasteiger partial charge in [0.05, 0.1) is 40.5 Å². The molecule has 0 spiro atoms. The first-order valence-corrected chi connectivity index (χ1v) is 19.6. The van der Waals surface area contributed by atoms with Crippen LogP contribution in [0.15, 0.2) is 115 Å². The number of halogens is 6. The van der Waals surface area contributed by atoms with Gasteiger partial charge < -0.3 is 10.3 Å². The highest BCUT2D eigenvalue weighted by molar-refractivity contribution is 6.01. The van der Waals surface area contributed by atoms with Crippen molar-refractivity contribution in [3.63, 3.8) is 0 Å².